The average Bonchev–Trinajstić information content (AvgIpc) is 2.79. The lowest BCUT2D eigenvalue weighted by Crippen LogP contribution is -2.37. The van der Waals surface area contributed by atoms with Crippen molar-refractivity contribution < 1.29 is 18.3 Å². The summed E-state index contributed by atoms with van der Waals surface area (Å²) in [6.07, 6.45) is 1.69. The molecule has 0 bridgehead atoms. The maximum absolute atomic E-state index is 12.2. The van der Waals surface area contributed by atoms with Gasteiger partial charge in [0.25, 0.3) is 0 Å². The molecular weight excluding hydrogens is 274 g/mol. The van der Waals surface area contributed by atoms with Crippen LogP contribution >= 0.6 is 11.3 Å². The Labute approximate surface area is 110 Å². The Morgan fingerprint density at radius 3 is 2.56 bits per heavy atom. The summed E-state index contributed by atoms with van der Waals surface area (Å²) in [6.45, 7) is 3.10. The molecule has 0 saturated carbocycles. The van der Waals surface area contributed by atoms with Crippen molar-refractivity contribution in [1.29, 1.82) is 0 Å². The zero-order valence-corrected chi connectivity index (χ0v) is 11.6. The highest BCUT2D eigenvalue weighted by Crippen LogP contribution is 2.26. The quantitative estimate of drug-likeness (QED) is 0.813. The maximum atomic E-state index is 12.2. The van der Waals surface area contributed by atoms with Gasteiger partial charge in [-0.3, -0.25) is 0 Å². The van der Waals surface area contributed by atoms with Gasteiger partial charge < -0.3 is 9.90 Å². The van der Waals surface area contributed by atoms with Gasteiger partial charge in [0.2, 0.25) is 10.0 Å². The second-order valence-corrected chi connectivity index (χ2v) is 7.37. The highest BCUT2D eigenvalue weighted by atomic mass is 32.2. The van der Waals surface area contributed by atoms with Gasteiger partial charge in [-0.05, 0) is 24.8 Å². The van der Waals surface area contributed by atoms with Crippen molar-refractivity contribution in [3.05, 3.63) is 16.3 Å². The monoisotopic (exact) mass is 288 g/mol. The molecule has 2 rings (SSSR count). The van der Waals surface area contributed by atoms with Crippen LogP contribution in [0.3, 0.4) is 0 Å². The third kappa shape index (κ3) is 2.57. The maximum Gasteiger partial charge on any atom is 0.243 e. The van der Waals surface area contributed by atoms with Gasteiger partial charge in [0.1, 0.15) is 0 Å². The summed E-state index contributed by atoms with van der Waals surface area (Å²) in [5, 5.41) is 12.0. The van der Waals surface area contributed by atoms with Gasteiger partial charge in [0.05, 0.1) is 15.7 Å². The fourth-order valence-electron chi connectivity index (χ4n) is 1.94. The van der Waals surface area contributed by atoms with E-state index in [1.807, 2.05) is 0 Å². The Morgan fingerprint density at radius 1 is 1.44 bits per heavy atom. The summed E-state index contributed by atoms with van der Waals surface area (Å²) < 4.78 is 25.9. The number of hydrogen-bond donors (Lipinski definition) is 0. The number of hydrogen-bond acceptors (Lipinski definition) is 5. The highest BCUT2D eigenvalue weighted by Gasteiger charge is 2.28. The highest BCUT2D eigenvalue weighted by molar-refractivity contribution is 7.89. The third-order valence-electron chi connectivity index (χ3n) is 3.16. The Balaban J connectivity index is 2.22. The van der Waals surface area contributed by atoms with E-state index in [0.29, 0.717) is 19.0 Å². The van der Waals surface area contributed by atoms with Crippen LogP contribution in [0.4, 0.5) is 0 Å². The number of nitrogens with zero attached hydrogens (tertiary/aromatic N) is 1. The van der Waals surface area contributed by atoms with E-state index in [-0.39, 0.29) is 9.77 Å². The second kappa shape index (κ2) is 4.99. The van der Waals surface area contributed by atoms with E-state index in [0.717, 1.165) is 24.2 Å². The molecule has 1 saturated heterocycles. The molecule has 0 unspecified atom stereocenters. The van der Waals surface area contributed by atoms with Gasteiger partial charge in [0.15, 0.2) is 0 Å². The number of rotatable bonds is 3. The first-order valence-corrected chi connectivity index (χ1v) is 8.03. The first-order chi connectivity index (χ1) is 8.41. The number of carboxylic acids is 1. The van der Waals surface area contributed by atoms with Crippen molar-refractivity contribution in [2.75, 3.05) is 13.1 Å². The molecule has 5 nitrogen and oxygen atoms in total. The number of carbonyl (C=O) groups is 1. The number of sulfonamides is 1. The smallest absolute Gasteiger partial charge is 0.243 e. The number of thiophene rings is 1. The molecule has 1 fully saturated rings. The Hall–Kier alpha value is -0.920. The van der Waals surface area contributed by atoms with E-state index in [1.54, 1.807) is 0 Å². The minimum absolute atomic E-state index is 0.0565. The molecule has 7 heteroatoms. The van der Waals surface area contributed by atoms with Crippen molar-refractivity contribution in [3.63, 3.8) is 0 Å². The normalized spacial score (nSPS) is 18.9. The Kier molecular flexibility index (Phi) is 3.74. The van der Waals surface area contributed by atoms with Gasteiger partial charge in [-0.25, -0.2) is 8.42 Å². The van der Waals surface area contributed by atoms with Gasteiger partial charge >= 0.3 is 0 Å². The van der Waals surface area contributed by atoms with E-state index in [9.17, 15) is 18.3 Å². The van der Waals surface area contributed by atoms with Crippen molar-refractivity contribution >= 4 is 27.3 Å². The predicted molar refractivity (Wildman–Crippen MR) is 65.8 cm³/mol. The summed E-state index contributed by atoms with van der Waals surface area (Å²) >= 11 is 0.881. The zero-order valence-electron chi connectivity index (χ0n) is 9.96. The van der Waals surface area contributed by atoms with E-state index < -0.39 is 16.0 Å². The lowest BCUT2D eigenvalue weighted by molar-refractivity contribution is -0.254. The summed E-state index contributed by atoms with van der Waals surface area (Å²) in [6, 6.07) is 1.17. The third-order valence-corrected chi connectivity index (χ3v) is 6.09. The molecule has 1 aliphatic heterocycles. The Morgan fingerprint density at radius 2 is 2.06 bits per heavy atom. The van der Waals surface area contributed by atoms with Crippen LogP contribution in [0, 0.1) is 5.92 Å². The number of carboxylic acid groups (broad SMARTS) is 1. The van der Waals surface area contributed by atoms with E-state index >= 15 is 0 Å². The van der Waals surface area contributed by atoms with Crippen LogP contribution in [0.1, 0.15) is 29.4 Å². The lowest BCUT2D eigenvalue weighted by atomic mass is 10.0. The van der Waals surface area contributed by atoms with Crippen molar-refractivity contribution in [1.82, 2.24) is 4.31 Å². The standard InChI is InChI=1S/C11H15NO4S2/c1-8-2-4-12(5-3-8)18(15,16)9-6-10(11(13)14)17-7-9/h6-8H,2-5H2,1H3,(H,13,14)/p-1. The molecule has 0 radical (unpaired) electrons. The van der Waals surface area contributed by atoms with Crippen LogP contribution in [-0.4, -0.2) is 31.8 Å². The summed E-state index contributed by atoms with van der Waals surface area (Å²) in [7, 11) is -3.55. The number of aromatic carboxylic acids is 1. The second-order valence-electron chi connectivity index (χ2n) is 4.52. The molecular formula is C11H14NO4S2-. The topological polar surface area (TPSA) is 77.5 Å². The molecule has 0 N–H and O–H groups in total. The van der Waals surface area contributed by atoms with E-state index in [1.165, 1.54) is 15.8 Å². The van der Waals surface area contributed by atoms with Gasteiger partial charge in [-0.15, -0.1) is 11.3 Å². The van der Waals surface area contributed by atoms with Gasteiger partial charge in [-0.1, -0.05) is 6.92 Å². The molecule has 0 aromatic carbocycles. The van der Waals surface area contributed by atoms with Crippen molar-refractivity contribution in [2.45, 2.75) is 24.7 Å². The van der Waals surface area contributed by atoms with Crippen LogP contribution < -0.4 is 5.11 Å². The molecule has 0 amide bonds. The molecule has 0 atom stereocenters. The van der Waals surface area contributed by atoms with E-state index in [2.05, 4.69) is 6.92 Å². The number of piperidine rings is 1. The van der Waals surface area contributed by atoms with Crippen molar-refractivity contribution in [3.8, 4) is 0 Å². The van der Waals surface area contributed by atoms with Crippen LogP contribution in [0.25, 0.3) is 0 Å². The van der Waals surface area contributed by atoms with Crippen LogP contribution in [0.2, 0.25) is 0 Å². The fourth-order valence-corrected chi connectivity index (χ4v) is 4.50. The average molecular weight is 288 g/mol. The summed E-state index contributed by atoms with van der Waals surface area (Å²) in [5.74, 6) is -0.800. The van der Waals surface area contributed by atoms with Crippen molar-refractivity contribution in [2.24, 2.45) is 5.92 Å². The molecule has 1 aliphatic rings. The van der Waals surface area contributed by atoms with Crippen LogP contribution in [-0.2, 0) is 10.0 Å². The van der Waals surface area contributed by atoms with Gasteiger partial charge in [-0.2, -0.15) is 4.31 Å². The molecule has 0 aliphatic carbocycles. The molecule has 0 spiro atoms. The first kappa shape index (κ1) is 13.5. The molecule has 18 heavy (non-hydrogen) atoms. The largest absolute Gasteiger partial charge is 0.544 e. The Bertz CT molecular complexity index is 541. The first-order valence-electron chi connectivity index (χ1n) is 5.71. The SMILES string of the molecule is CC1CCN(S(=O)(=O)c2csc(C(=O)[O-])c2)CC1. The van der Waals surface area contributed by atoms with Gasteiger partial charge in [0, 0.05) is 18.5 Å². The van der Waals surface area contributed by atoms with Crippen LogP contribution in [0.15, 0.2) is 16.3 Å². The molecule has 1 aromatic heterocycles. The minimum atomic E-state index is -3.55. The molecule has 100 valence electrons. The lowest BCUT2D eigenvalue weighted by Gasteiger charge is -2.29. The zero-order chi connectivity index (χ0) is 13.3. The summed E-state index contributed by atoms with van der Waals surface area (Å²) in [5.41, 5.74) is 0. The predicted octanol–water partition coefficient (Wildman–Crippen LogP) is 0.532. The van der Waals surface area contributed by atoms with Crippen LogP contribution in [0.5, 0.6) is 0 Å². The molecule has 1 aromatic rings. The van der Waals surface area contributed by atoms with E-state index in [4.69, 9.17) is 0 Å². The minimum Gasteiger partial charge on any atom is -0.544 e. The fraction of sp³-hybridized carbons (Fsp3) is 0.545. The summed E-state index contributed by atoms with van der Waals surface area (Å²) in [4.78, 5) is 10.7. The number of carbonyl (C=O) groups excluding carboxylic acids is 1. The molecule has 2 heterocycles.